The summed E-state index contributed by atoms with van der Waals surface area (Å²) in [5.41, 5.74) is 1.47. The molecule has 0 aromatic heterocycles. The lowest BCUT2D eigenvalue weighted by molar-refractivity contribution is 0.411. The topological polar surface area (TPSA) is 3.24 Å². The molecular weight excluding hydrogens is 146 g/mol. The summed E-state index contributed by atoms with van der Waals surface area (Å²) >= 11 is 0. The number of hydrogen-bond acceptors (Lipinski definition) is 1. The first kappa shape index (κ1) is 7.81. The summed E-state index contributed by atoms with van der Waals surface area (Å²) in [5.74, 6) is 0.754. The molecule has 1 unspecified atom stereocenters. The van der Waals surface area contributed by atoms with Gasteiger partial charge in [-0.25, -0.2) is 0 Å². The minimum Gasteiger partial charge on any atom is -0.306 e. The predicted octanol–water partition coefficient (Wildman–Crippen LogP) is 1.91. The van der Waals surface area contributed by atoms with Gasteiger partial charge in [-0.3, -0.25) is 0 Å². The zero-order chi connectivity index (χ0) is 8.39. The van der Waals surface area contributed by atoms with Crippen LogP contribution in [0.15, 0.2) is 24.3 Å². The molecule has 0 spiro atoms. The van der Waals surface area contributed by atoms with Gasteiger partial charge in [-0.05, 0) is 37.6 Å². The van der Waals surface area contributed by atoms with E-state index in [1.54, 1.807) is 0 Å². The van der Waals surface area contributed by atoms with Crippen LogP contribution >= 0.6 is 0 Å². The Labute approximate surface area is 74.0 Å². The van der Waals surface area contributed by atoms with Crippen molar-refractivity contribution < 1.29 is 0 Å². The normalized spacial score (nSPS) is 24.6. The number of likely N-dealkylation sites (tertiary alicyclic amines) is 1. The molecular formula is C11H14N. The van der Waals surface area contributed by atoms with E-state index in [-0.39, 0.29) is 0 Å². The first-order chi connectivity index (χ1) is 5.86. The standard InChI is InChI=1S/C11H14N/c1-12-8-7-11(9-12)10-5-3-2-4-6-10/h3-6,11H,7-9H2,1H3. The lowest BCUT2D eigenvalue weighted by Crippen LogP contribution is -2.13. The second-order valence-corrected chi connectivity index (χ2v) is 3.58. The minimum atomic E-state index is 0.754. The van der Waals surface area contributed by atoms with Crippen molar-refractivity contribution in [3.05, 3.63) is 35.9 Å². The third-order valence-electron chi connectivity index (χ3n) is 2.61. The van der Waals surface area contributed by atoms with Crippen LogP contribution in [-0.2, 0) is 0 Å². The zero-order valence-electron chi connectivity index (χ0n) is 7.46. The van der Waals surface area contributed by atoms with Gasteiger partial charge >= 0.3 is 0 Å². The first-order valence-electron chi connectivity index (χ1n) is 4.51. The van der Waals surface area contributed by atoms with E-state index in [1.807, 2.05) is 12.1 Å². The molecule has 1 aromatic carbocycles. The summed E-state index contributed by atoms with van der Waals surface area (Å²) in [6.07, 6.45) is 1.31. The van der Waals surface area contributed by atoms with Crippen molar-refractivity contribution in [3.63, 3.8) is 0 Å². The highest BCUT2D eigenvalue weighted by Crippen LogP contribution is 2.25. The first-order valence-corrected chi connectivity index (χ1v) is 4.51. The molecule has 63 valence electrons. The predicted molar refractivity (Wildman–Crippen MR) is 50.1 cm³/mol. The fourth-order valence-corrected chi connectivity index (χ4v) is 1.88. The summed E-state index contributed by atoms with van der Waals surface area (Å²) in [7, 11) is 2.19. The molecule has 12 heavy (non-hydrogen) atoms. The quantitative estimate of drug-likeness (QED) is 0.606. The van der Waals surface area contributed by atoms with E-state index >= 15 is 0 Å². The Balaban J connectivity index is 2.11. The maximum absolute atomic E-state index is 3.05. The van der Waals surface area contributed by atoms with E-state index in [1.165, 1.54) is 25.1 Å². The molecule has 2 rings (SSSR count). The van der Waals surface area contributed by atoms with Crippen molar-refractivity contribution in [2.45, 2.75) is 12.3 Å². The molecule has 1 radical (unpaired) electrons. The second-order valence-electron chi connectivity index (χ2n) is 3.58. The molecule has 1 aliphatic heterocycles. The van der Waals surface area contributed by atoms with Crippen LogP contribution in [0.1, 0.15) is 17.9 Å². The summed E-state index contributed by atoms with van der Waals surface area (Å²) in [4.78, 5) is 2.39. The number of nitrogens with zero attached hydrogens (tertiary/aromatic N) is 1. The number of hydrogen-bond donors (Lipinski definition) is 0. The third-order valence-corrected chi connectivity index (χ3v) is 2.61. The van der Waals surface area contributed by atoms with Crippen molar-refractivity contribution in [1.29, 1.82) is 0 Å². The molecule has 1 heterocycles. The van der Waals surface area contributed by atoms with Crippen molar-refractivity contribution in [3.8, 4) is 0 Å². The lowest BCUT2D eigenvalue weighted by atomic mass is 9.99. The Morgan fingerprint density at radius 1 is 1.42 bits per heavy atom. The van der Waals surface area contributed by atoms with Crippen LogP contribution in [-0.4, -0.2) is 25.0 Å². The number of likely N-dealkylation sites (N-methyl/N-ethyl adjacent to an activating group) is 1. The summed E-state index contributed by atoms with van der Waals surface area (Å²) in [6, 6.07) is 11.4. The van der Waals surface area contributed by atoms with E-state index in [2.05, 4.69) is 30.1 Å². The number of rotatable bonds is 1. The van der Waals surface area contributed by atoms with Crippen LogP contribution in [0, 0.1) is 6.07 Å². The summed E-state index contributed by atoms with van der Waals surface area (Å²) < 4.78 is 0. The highest BCUT2D eigenvalue weighted by molar-refractivity contribution is 5.20. The van der Waals surface area contributed by atoms with Gasteiger partial charge in [0.1, 0.15) is 0 Å². The maximum atomic E-state index is 3.05. The molecule has 0 saturated carbocycles. The molecule has 1 atom stereocenters. The number of benzene rings is 1. The van der Waals surface area contributed by atoms with Crippen LogP contribution in [0.4, 0.5) is 0 Å². The van der Waals surface area contributed by atoms with Gasteiger partial charge in [0.25, 0.3) is 0 Å². The van der Waals surface area contributed by atoms with E-state index < -0.39 is 0 Å². The molecule has 1 nitrogen and oxygen atoms in total. The van der Waals surface area contributed by atoms with Gasteiger partial charge in [-0.15, -0.1) is 0 Å². The fourth-order valence-electron chi connectivity index (χ4n) is 1.88. The molecule has 1 aromatic rings. The van der Waals surface area contributed by atoms with Crippen LogP contribution in [0.5, 0.6) is 0 Å². The van der Waals surface area contributed by atoms with E-state index in [0.717, 1.165) is 5.92 Å². The average Bonchev–Trinajstić information content (AvgIpc) is 2.54. The van der Waals surface area contributed by atoms with Crippen LogP contribution < -0.4 is 0 Å². The fraction of sp³-hybridized carbons (Fsp3) is 0.455. The van der Waals surface area contributed by atoms with E-state index in [0.29, 0.717) is 0 Å². The molecule has 1 heteroatoms. The summed E-state index contributed by atoms with van der Waals surface area (Å²) in [6.45, 7) is 2.45. The Hall–Kier alpha value is -0.820. The Bertz CT molecular complexity index is 242. The molecule has 1 fully saturated rings. The lowest BCUT2D eigenvalue weighted by Gasteiger charge is -2.09. The van der Waals surface area contributed by atoms with E-state index in [9.17, 15) is 0 Å². The van der Waals surface area contributed by atoms with Gasteiger partial charge in [-0.2, -0.15) is 0 Å². The SMILES string of the molecule is CN1CCC(c2cc[c]cc2)C1. The maximum Gasteiger partial charge on any atom is 0.00477 e. The smallest absolute Gasteiger partial charge is 0.00477 e. The van der Waals surface area contributed by atoms with Gasteiger partial charge in [0.05, 0.1) is 0 Å². The molecule has 1 saturated heterocycles. The van der Waals surface area contributed by atoms with Gasteiger partial charge in [-0.1, -0.05) is 24.3 Å². The Morgan fingerprint density at radius 3 is 2.75 bits per heavy atom. The molecule has 0 bridgehead atoms. The third kappa shape index (κ3) is 1.51. The van der Waals surface area contributed by atoms with Gasteiger partial charge in [0.2, 0.25) is 0 Å². The van der Waals surface area contributed by atoms with Crippen molar-refractivity contribution in [2.75, 3.05) is 20.1 Å². The highest BCUT2D eigenvalue weighted by atomic mass is 15.1. The van der Waals surface area contributed by atoms with Gasteiger partial charge in [0.15, 0.2) is 0 Å². The minimum absolute atomic E-state index is 0.754. The van der Waals surface area contributed by atoms with Crippen LogP contribution in [0.3, 0.4) is 0 Å². The van der Waals surface area contributed by atoms with Crippen LogP contribution in [0.25, 0.3) is 0 Å². The largest absolute Gasteiger partial charge is 0.306 e. The molecule has 0 amide bonds. The Kier molecular flexibility index (Phi) is 2.13. The van der Waals surface area contributed by atoms with Crippen molar-refractivity contribution >= 4 is 0 Å². The van der Waals surface area contributed by atoms with Gasteiger partial charge in [0, 0.05) is 6.54 Å². The average molecular weight is 160 g/mol. The second kappa shape index (κ2) is 3.28. The monoisotopic (exact) mass is 160 g/mol. The van der Waals surface area contributed by atoms with Gasteiger partial charge < -0.3 is 4.90 Å². The highest BCUT2D eigenvalue weighted by Gasteiger charge is 2.20. The molecule has 1 aliphatic rings. The van der Waals surface area contributed by atoms with E-state index in [4.69, 9.17) is 0 Å². The molecule has 0 aliphatic carbocycles. The molecule has 0 N–H and O–H groups in total. The van der Waals surface area contributed by atoms with Crippen LogP contribution in [0.2, 0.25) is 0 Å². The summed E-state index contributed by atoms with van der Waals surface area (Å²) in [5, 5.41) is 0. The zero-order valence-corrected chi connectivity index (χ0v) is 7.46. The van der Waals surface area contributed by atoms with Crippen molar-refractivity contribution in [2.24, 2.45) is 0 Å². The Morgan fingerprint density at radius 2 is 2.17 bits per heavy atom. The van der Waals surface area contributed by atoms with Crippen molar-refractivity contribution in [1.82, 2.24) is 4.90 Å².